The van der Waals surface area contributed by atoms with E-state index in [2.05, 4.69) is 16.7 Å². The lowest BCUT2D eigenvalue weighted by atomic mass is 10.1. The van der Waals surface area contributed by atoms with Gasteiger partial charge in [-0.05, 0) is 30.3 Å². The molecular weight excluding hydrogens is 416 g/mol. The number of ether oxygens (including phenoxy) is 2. The highest BCUT2D eigenvalue weighted by Gasteiger charge is 2.14. The average molecular weight is 439 g/mol. The minimum atomic E-state index is -0.720. The van der Waals surface area contributed by atoms with E-state index in [1.54, 1.807) is 43.3 Å². The Morgan fingerprint density at radius 1 is 1.29 bits per heavy atom. The maximum atomic E-state index is 11.7. The van der Waals surface area contributed by atoms with Crippen LogP contribution < -0.4 is 20.0 Å². The Morgan fingerprint density at radius 3 is 2.77 bits per heavy atom. The van der Waals surface area contributed by atoms with E-state index in [1.165, 1.54) is 23.5 Å². The predicted molar refractivity (Wildman–Crippen MR) is 121 cm³/mol. The summed E-state index contributed by atoms with van der Waals surface area (Å²) in [7, 11) is 3.13. The summed E-state index contributed by atoms with van der Waals surface area (Å²) in [6, 6.07) is 10.1. The monoisotopic (exact) mass is 438 g/mol. The van der Waals surface area contributed by atoms with Crippen LogP contribution in [0.5, 0.6) is 17.2 Å². The molecule has 0 aliphatic heterocycles. The molecule has 0 unspecified atom stereocenters. The Kier molecular flexibility index (Phi) is 6.88. The summed E-state index contributed by atoms with van der Waals surface area (Å²) in [5.41, 5.74) is 7.44. The lowest BCUT2D eigenvalue weighted by Crippen LogP contribution is -2.14. The maximum absolute atomic E-state index is 11.7. The number of benzene rings is 2. The molecular formula is C22H22N4O4S. The average Bonchev–Trinajstić information content (AvgIpc) is 3.18. The topological polar surface area (TPSA) is 111 Å². The number of aromatic hydroxyl groups is 1. The fourth-order valence-electron chi connectivity index (χ4n) is 2.89. The highest BCUT2D eigenvalue weighted by atomic mass is 32.1. The van der Waals surface area contributed by atoms with Crippen LogP contribution in [-0.4, -0.2) is 42.7 Å². The molecule has 9 heteroatoms. The van der Waals surface area contributed by atoms with Crippen LogP contribution in [-0.2, 0) is 0 Å². The molecule has 1 heterocycles. The second-order valence-electron chi connectivity index (χ2n) is 6.27. The number of hydrogen-bond donors (Lipinski definition) is 2. The van der Waals surface area contributed by atoms with E-state index >= 15 is 0 Å². The second kappa shape index (κ2) is 9.77. The van der Waals surface area contributed by atoms with Crippen molar-refractivity contribution in [3.8, 4) is 28.5 Å². The van der Waals surface area contributed by atoms with E-state index < -0.39 is 5.91 Å². The first-order valence-electron chi connectivity index (χ1n) is 9.20. The SMILES string of the molecule is C=CCN=c1scc(-c2ccc(O)c(C(N)=O)c2)n1/N=C\c1cccc(OC)c1OC. The molecule has 1 amide bonds. The molecule has 31 heavy (non-hydrogen) atoms. The molecule has 3 N–H and O–H groups in total. The van der Waals surface area contributed by atoms with Crippen molar-refractivity contribution in [2.45, 2.75) is 0 Å². The van der Waals surface area contributed by atoms with Gasteiger partial charge in [0.1, 0.15) is 5.75 Å². The number of amides is 1. The highest BCUT2D eigenvalue weighted by Crippen LogP contribution is 2.30. The number of para-hydroxylation sites is 1. The zero-order chi connectivity index (χ0) is 22.4. The van der Waals surface area contributed by atoms with Crippen LogP contribution in [0.3, 0.4) is 0 Å². The first-order valence-corrected chi connectivity index (χ1v) is 10.1. The summed E-state index contributed by atoms with van der Waals surface area (Å²) in [5, 5.41) is 16.4. The summed E-state index contributed by atoms with van der Waals surface area (Å²) in [4.78, 5) is 16.8. The van der Waals surface area contributed by atoms with Crippen molar-refractivity contribution < 1.29 is 19.4 Å². The van der Waals surface area contributed by atoms with Crippen LogP contribution in [0, 0.1) is 0 Å². The molecule has 0 spiro atoms. The van der Waals surface area contributed by atoms with Gasteiger partial charge in [0.05, 0.1) is 38.2 Å². The van der Waals surface area contributed by atoms with Gasteiger partial charge in [0.15, 0.2) is 11.5 Å². The number of nitrogens with two attached hydrogens (primary N) is 1. The van der Waals surface area contributed by atoms with Gasteiger partial charge in [-0.2, -0.15) is 5.10 Å². The Morgan fingerprint density at radius 2 is 2.10 bits per heavy atom. The van der Waals surface area contributed by atoms with Crippen LogP contribution >= 0.6 is 11.3 Å². The molecule has 2 aromatic carbocycles. The van der Waals surface area contributed by atoms with Gasteiger partial charge in [-0.15, -0.1) is 17.9 Å². The summed E-state index contributed by atoms with van der Waals surface area (Å²) < 4.78 is 12.4. The zero-order valence-corrected chi connectivity index (χ0v) is 17.9. The van der Waals surface area contributed by atoms with Gasteiger partial charge < -0.3 is 20.3 Å². The predicted octanol–water partition coefficient (Wildman–Crippen LogP) is 3.01. The molecule has 0 bridgehead atoms. The molecule has 0 saturated carbocycles. The fraction of sp³-hybridized carbons (Fsp3) is 0.136. The molecule has 160 valence electrons. The van der Waals surface area contributed by atoms with Gasteiger partial charge in [-0.1, -0.05) is 12.1 Å². The number of primary amides is 1. The number of hydrogen-bond acceptors (Lipinski definition) is 7. The Bertz CT molecular complexity index is 1210. The summed E-state index contributed by atoms with van der Waals surface area (Å²) in [5.74, 6) is 0.237. The van der Waals surface area contributed by atoms with Crippen LogP contribution in [0.1, 0.15) is 15.9 Å². The van der Waals surface area contributed by atoms with E-state index in [9.17, 15) is 9.90 Å². The Balaban J connectivity index is 2.15. The number of nitrogens with zero attached hydrogens (tertiary/aromatic N) is 3. The summed E-state index contributed by atoms with van der Waals surface area (Å²) in [6.07, 6.45) is 3.32. The van der Waals surface area contributed by atoms with Crippen molar-refractivity contribution in [1.82, 2.24) is 4.68 Å². The molecule has 0 aliphatic carbocycles. The van der Waals surface area contributed by atoms with Gasteiger partial charge in [-0.25, -0.2) is 4.68 Å². The molecule has 0 aliphatic rings. The molecule has 3 aromatic rings. The first kappa shape index (κ1) is 21.8. The van der Waals surface area contributed by atoms with Gasteiger partial charge >= 0.3 is 0 Å². The van der Waals surface area contributed by atoms with Crippen LogP contribution in [0.4, 0.5) is 0 Å². The standard InChI is InChI=1S/C22H22N4O4S/c1-4-10-24-22-26(25-12-15-6-5-7-19(29-2)20(15)30-3)17(13-31-22)14-8-9-18(27)16(11-14)21(23)28/h4-9,11-13,27H,1,10H2,2-3H3,(H2,23,28)/b24-22?,25-12-. The number of methoxy groups -OCH3 is 2. The molecule has 0 saturated heterocycles. The number of aromatic nitrogens is 1. The lowest BCUT2D eigenvalue weighted by molar-refractivity contribution is 0.0998. The van der Waals surface area contributed by atoms with Gasteiger partial charge in [-0.3, -0.25) is 9.79 Å². The Hall–Kier alpha value is -3.85. The summed E-state index contributed by atoms with van der Waals surface area (Å²) >= 11 is 1.38. The molecule has 0 atom stereocenters. The largest absolute Gasteiger partial charge is 0.507 e. The Labute approximate surface area is 183 Å². The second-order valence-corrected chi connectivity index (χ2v) is 7.10. The van der Waals surface area contributed by atoms with Gasteiger partial charge in [0, 0.05) is 16.5 Å². The third-order valence-corrected chi connectivity index (χ3v) is 5.20. The van der Waals surface area contributed by atoms with Gasteiger partial charge in [0.2, 0.25) is 4.80 Å². The normalized spacial score (nSPS) is 11.6. The van der Waals surface area contributed by atoms with Crippen molar-refractivity contribution in [1.29, 1.82) is 0 Å². The molecule has 1 aromatic heterocycles. The number of carbonyl (C=O) groups excluding carboxylic acids is 1. The third kappa shape index (κ3) is 4.67. The van der Waals surface area contributed by atoms with E-state index in [1.807, 2.05) is 17.5 Å². The molecule has 8 nitrogen and oxygen atoms in total. The molecule has 0 radical (unpaired) electrons. The van der Waals surface area contributed by atoms with Gasteiger partial charge in [0.25, 0.3) is 5.91 Å². The van der Waals surface area contributed by atoms with Crippen molar-refractivity contribution >= 4 is 23.5 Å². The summed E-state index contributed by atoms with van der Waals surface area (Å²) in [6.45, 7) is 4.12. The minimum absolute atomic E-state index is 0.0262. The smallest absolute Gasteiger partial charge is 0.252 e. The van der Waals surface area contributed by atoms with Crippen LogP contribution in [0.2, 0.25) is 0 Å². The van der Waals surface area contributed by atoms with E-state index in [0.29, 0.717) is 39.7 Å². The van der Waals surface area contributed by atoms with Crippen LogP contribution in [0.25, 0.3) is 11.3 Å². The van der Waals surface area contributed by atoms with Crippen molar-refractivity contribution in [3.05, 3.63) is 70.4 Å². The molecule has 0 fully saturated rings. The minimum Gasteiger partial charge on any atom is -0.507 e. The van der Waals surface area contributed by atoms with E-state index in [4.69, 9.17) is 15.2 Å². The van der Waals surface area contributed by atoms with E-state index in [0.717, 1.165) is 0 Å². The highest BCUT2D eigenvalue weighted by molar-refractivity contribution is 7.07. The van der Waals surface area contributed by atoms with Crippen LogP contribution in [0.15, 0.2) is 64.5 Å². The van der Waals surface area contributed by atoms with E-state index in [-0.39, 0.29) is 11.3 Å². The van der Waals surface area contributed by atoms with Crippen molar-refractivity contribution in [2.24, 2.45) is 15.8 Å². The fourth-order valence-corrected chi connectivity index (χ4v) is 3.73. The quantitative estimate of drug-likeness (QED) is 0.416. The third-order valence-electron chi connectivity index (χ3n) is 4.34. The number of phenols is 1. The lowest BCUT2D eigenvalue weighted by Gasteiger charge is -2.10. The molecule has 3 rings (SSSR count). The van der Waals surface area contributed by atoms with Crippen molar-refractivity contribution in [2.75, 3.05) is 20.8 Å². The number of rotatable bonds is 8. The number of carbonyl (C=O) groups is 1. The zero-order valence-electron chi connectivity index (χ0n) is 17.1. The maximum Gasteiger partial charge on any atom is 0.252 e. The first-order chi connectivity index (χ1) is 15.0. The number of thiazole rings is 1. The van der Waals surface area contributed by atoms with Crippen molar-refractivity contribution in [3.63, 3.8) is 0 Å².